The van der Waals surface area contributed by atoms with Crippen molar-refractivity contribution in [1.82, 2.24) is 19.9 Å². The molecule has 1 saturated heterocycles. The number of ether oxygens (including phenoxy) is 1. The normalized spacial score (nSPS) is 17.1. The molecule has 3 aromatic rings. The van der Waals surface area contributed by atoms with Crippen molar-refractivity contribution in [2.75, 3.05) is 23.7 Å². The second kappa shape index (κ2) is 10.9. The first-order valence-corrected chi connectivity index (χ1v) is 13.2. The molecule has 0 atom stereocenters. The third kappa shape index (κ3) is 5.64. The van der Waals surface area contributed by atoms with Gasteiger partial charge in [-0.15, -0.1) is 0 Å². The molecule has 2 aliphatic rings. The van der Waals surface area contributed by atoms with Gasteiger partial charge >= 0.3 is 0 Å². The molecule has 2 N–H and O–H groups in total. The van der Waals surface area contributed by atoms with Crippen LogP contribution in [0.25, 0.3) is 10.9 Å². The van der Waals surface area contributed by atoms with Crippen LogP contribution < -0.4 is 15.4 Å². The van der Waals surface area contributed by atoms with Crippen LogP contribution in [-0.2, 0) is 4.79 Å². The van der Waals surface area contributed by atoms with Crippen LogP contribution in [0.3, 0.4) is 0 Å². The van der Waals surface area contributed by atoms with E-state index in [2.05, 4.69) is 39.4 Å². The lowest BCUT2D eigenvalue weighted by Crippen LogP contribution is -2.44. The molecule has 2 fully saturated rings. The number of carbonyl (C=O) groups excluding carboxylic acids is 1. The summed E-state index contributed by atoms with van der Waals surface area (Å²) in [6.45, 7) is 5.63. The van der Waals surface area contributed by atoms with E-state index in [1.54, 1.807) is 6.20 Å². The Labute approximate surface area is 216 Å². The minimum Gasteiger partial charge on any atom is -0.489 e. The maximum Gasteiger partial charge on any atom is 0.225 e. The Balaban J connectivity index is 1.22. The van der Waals surface area contributed by atoms with Crippen LogP contribution >= 0.6 is 11.6 Å². The van der Waals surface area contributed by atoms with Crippen LogP contribution in [0.15, 0.2) is 36.8 Å². The number of anilines is 3. The summed E-state index contributed by atoms with van der Waals surface area (Å²) < 4.78 is 6.23. The van der Waals surface area contributed by atoms with E-state index in [9.17, 15) is 4.79 Å². The number of benzene rings is 1. The summed E-state index contributed by atoms with van der Waals surface area (Å²) in [4.78, 5) is 27.9. The molecule has 0 bridgehead atoms. The fourth-order valence-corrected chi connectivity index (χ4v) is 5.27. The number of nitrogens with one attached hydrogen (secondary N) is 2. The quantitative estimate of drug-likeness (QED) is 0.416. The van der Waals surface area contributed by atoms with Gasteiger partial charge in [-0.3, -0.25) is 4.79 Å². The van der Waals surface area contributed by atoms with Crippen molar-refractivity contribution in [3.05, 3.63) is 41.8 Å². The summed E-state index contributed by atoms with van der Waals surface area (Å²) in [5.41, 5.74) is 1.56. The van der Waals surface area contributed by atoms with E-state index in [0.29, 0.717) is 22.5 Å². The van der Waals surface area contributed by atoms with Crippen molar-refractivity contribution < 1.29 is 9.53 Å². The summed E-state index contributed by atoms with van der Waals surface area (Å²) in [5.74, 6) is 2.67. The van der Waals surface area contributed by atoms with Crippen LogP contribution in [0.2, 0.25) is 5.02 Å². The molecule has 5 rings (SSSR count). The predicted octanol–water partition coefficient (Wildman–Crippen LogP) is 5.80. The highest BCUT2D eigenvalue weighted by atomic mass is 35.5. The first-order chi connectivity index (χ1) is 17.5. The molecule has 190 valence electrons. The smallest absolute Gasteiger partial charge is 0.225 e. The van der Waals surface area contributed by atoms with Gasteiger partial charge in [0.1, 0.15) is 29.8 Å². The molecule has 3 heterocycles. The van der Waals surface area contributed by atoms with Gasteiger partial charge in [0, 0.05) is 49.0 Å². The van der Waals surface area contributed by atoms with E-state index in [1.165, 1.54) is 19.2 Å². The molecule has 0 radical (unpaired) electrons. The number of rotatable bonds is 7. The zero-order valence-electron chi connectivity index (χ0n) is 20.8. The number of fused-ring (bicyclic) bond motifs is 1. The minimum absolute atomic E-state index is 0.0547. The Morgan fingerprint density at radius 3 is 2.58 bits per heavy atom. The molecule has 2 aromatic heterocycles. The van der Waals surface area contributed by atoms with Crippen molar-refractivity contribution in [2.24, 2.45) is 5.92 Å². The molecule has 1 amide bonds. The largest absolute Gasteiger partial charge is 0.489 e. The van der Waals surface area contributed by atoms with Crippen LogP contribution in [0, 0.1) is 5.92 Å². The maximum absolute atomic E-state index is 12.7. The summed E-state index contributed by atoms with van der Waals surface area (Å²) in [7, 11) is 0. The Morgan fingerprint density at radius 1 is 1.08 bits per heavy atom. The standard InChI is InChI=1S/C27H33ClN6O2/c1-17(2)32-25-14-21-23(15-29-25)30-16-31-26(21)33-19-7-8-24(22(28)13-19)36-20-9-11-34(12-10-20)27(35)18-5-3-4-6-18/h7-8,13-18,20H,3-6,9-12H2,1-2H3,(H,29,32)(H,30,31,33). The lowest BCUT2D eigenvalue weighted by molar-refractivity contribution is -0.137. The summed E-state index contributed by atoms with van der Waals surface area (Å²) in [5, 5.41) is 8.07. The third-order valence-corrected chi connectivity index (χ3v) is 7.20. The molecule has 0 unspecified atom stereocenters. The molecular weight excluding hydrogens is 476 g/mol. The van der Waals surface area contributed by atoms with Crippen LogP contribution in [0.4, 0.5) is 17.3 Å². The van der Waals surface area contributed by atoms with Gasteiger partial charge in [-0.05, 0) is 51.0 Å². The van der Waals surface area contributed by atoms with Gasteiger partial charge in [-0.2, -0.15) is 0 Å². The average molecular weight is 509 g/mol. The van der Waals surface area contributed by atoms with Crippen molar-refractivity contribution in [1.29, 1.82) is 0 Å². The fraction of sp³-hybridized carbons (Fsp3) is 0.481. The third-order valence-electron chi connectivity index (χ3n) is 6.90. The van der Waals surface area contributed by atoms with Crippen molar-refractivity contribution >= 4 is 45.7 Å². The highest BCUT2D eigenvalue weighted by Gasteiger charge is 2.30. The molecule has 36 heavy (non-hydrogen) atoms. The number of likely N-dealkylation sites (tertiary alicyclic amines) is 1. The minimum atomic E-state index is 0.0547. The van der Waals surface area contributed by atoms with E-state index in [0.717, 1.165) is 61.2 Å². The van der Waals surface area contributed by atoms with Gasteiger partial charge in [-0.25, -0.2) is 15.0 Å². The number of aromatic nitrogens is 3. The number of nitrogens with zero attached hydrogens (tertiary/aromatic N) is 4. The summed E-state index contributed by atoms with van der Waals surface area (Å²) >= 11 is 6.60. The zero-order valence-corrected chi connectivity index (χ0v) is 21.6. The van der Waals surface area contributed by atoms with E-state index >= 15 is 0 Å². The number of halogens is 1. The first kappa shape index (κ1) is 24.6. The topological polar surface area (TPSA) is 92.3 Å². The number of hydrogen-bond acceptors (Lipinski definition) is 7. The van der Waals surface area contributed by atoms with E-state index < -0.39 is 0 Å². The van der Waals surface area contributed by atoms with Crippen LogP contribution in [0.1, 0.15) is 52.4 Å². The molecule has 0 spiro atoms. The SMILES string of the molecule is CC(C)Nc1cc2c(Nc3ccc(OC4CCN(C(=O)C5CCCC5)CC4)c(Cl)c3)ncnc2cn1. The highest BCUT2D eigenvalue weighted by Crippen LogP contribution is 2.33. The fourth-order valence-electron chi connectivity index (χ4n) is 5.05. The van der Waals surface area contributed by atoms with E-state index in [4.69, 9.17) is 16.3 Å². The molecule has 1 aromatic carbocycles. The number of piperidine rings is 1. The average Bonchev–Trinajstić information content (AvgIpc) is 3.41. The molecular formula is C27H33ClN6O2. The predicted molar refractivity (Wildman–Crippen MR) is 143 cm³/mol. The number of amides is 1. The summed E-state index contributed by atoms with van der Waals surface area (Å²) in [6.07, 6.45) is 9.41. The van der Waals surface area contributed by atoms with Gasteiger partial charge in [0.15, 0.2) is 0 Å². The Morgan fingerprint density at radius 2 is 1.86 bits per heavy atom. The second-order valence-corrected chi connectivity index (χ2v) is 10.4. The molecule has 1 saturated carbocycles. The Kier molecular flexibility index (Phi) is 7.41. The maximum atomic E-state index is 12.7. The van der Waals surface area contributed by atoms with E-state index in [1.807, 2.05) is 29.2 Å². The highest BCUT2D eigenvalue weighted by molar-refractivity contribution is 6.32. The summed E-state index contributed by atoms with van der Waals surface area (Å²) in [6, 6.07) is 7.88. The molecule has 9 heteroatoms. The van der Waals surface area contributed by atoms with Crippen LogP contribution in [-0.4, -0.2) is 51.0 Å². The Bertz CT molecular complexity index is 1220. The number of pyridine rings is 1. The lowest BCUT2D eigenvalue weighted by Gasteiger charge is -2.33. The molecule has 1 aliphatic carbocycles. The van der Waals surface area contributed by atoms with Gasteiger partial charge in [0.05, 0.1) is 16.7 Å². The monoisotopic (exact) mass is 508 g/mol. The van der Waals surface area contributed by atoms with Crippen molar-refractivity contribution in [3.8, 4) is 5.75 Å². The second-order valence-electron chi connectivity index (χ2n) is 10.0. The molecule has 8 nitrogen and oxygen atoms in total. The number of carbonyl (C=O) groups is 1. The van der Waals surface area contributed by atoms with Crippen molar-refractivity contribution in [3.63, 3.8) is 0 Å². The van der Waals surface area contributed by atoms with Gasteiger partial charge in [0.2, 0.25) is 5.91 Å². The van der Waals surface area contributed by atoms with Gasteiger partial charge in [-0.1, -0.05) is 24.4 Å². The first-order valence-electron chi connectivity index (χ1n) is 12.9. The molecule has 1 aliphatic heterocycles. The van der Waals surface area contributed by atoms with E-state index in [-0.39, 0.29) is 18.1 Å². The lowest BCUT2D eigenvalue weighted by atomic mass is 10.0. The van der Waals surface area contributed by atoms with Crippen molar-refractivity contribution in [2.45, 2.75) is 64.5 Å². The number of hydrogen-bond donors (Lipinski definition) is 2. The zero-order chi connectivity index (χ0) is 25.1. The van der Waals surface area contributed by atoms with Gasteiger partial charge in [0.25, 0.3) is 0 Å². The van der Waals surface area contributed by atoms with Gasteiger partial charge < -0.3 is 20.3 Å². The van der Waals surface area contributed by atoms with Crippen LogP contribution in [0.5, 0.6) is 5.75 Å². The Hall–Kier alpha value is -3.13.